The highest BCUT2D eigenvalue weighted by atomic mass is 32.2. The molecule has 0 saturated carbocycles. The van der Waals surface area contributed by atoms with Crippen molar-refractivity contribution in [2.24, 2.45) is 0 Å². The molecule has 5 rings (SSSR count). The van der Waals surface area contributed by atoms with Gasteiger partial charge >= 0.3 is 0 Å². The van der Waals surface area contributed by atoms with E-state index in [9.17, 15) is 24.0 Å². The van der Waals surface area contributed by atoms with Crippen molar-refractivity contribution in [3.8, 4) is 0 Å². The van der Waals surface area contributed by atoms with Crippen LogP contribution in [0.5, 0.6) is 0 Å². The van der Waals surface area contributed by atoms with Gasteiger partial charge in [0.15, 0.2) is 5.78 Å². The standard InChI is InChI=1S/C35H29N3O5S/c1-22-9-6-7-12-26(22)19-30(37-33(41)25-10-4-3-5-11-25)34(42)36-27-13-8-14-29(20-27)44-31-21-32(40)38(35(31)43)28-17-15-24(16-18-28)23(2)39/h3-20,31H,21H2,1-2H3,(H,36,42)(H,37,41)/b30-19-/t31-/m1/s1. The van der Waals surface area contributed by atoms with E-state index in [0.29, 0.717) is 27.4 Å². The Balaban J connectivity index is 1.32. The molecule has 0 radical (unpaired) electrons. The van der Waals surface area contributed by atoms with Gasteiger partial charge in [0.1, 0.15) is 5.70 Å². The molecule has 1 aliphatic heterocycles. The molecule has 1 saturated heterocycles. The van der Waals surface area contributed by atoms with Crippen LogP contribution in [0.4, 0.5) is 11.4 Å². The third-order valence-electron chi connectivity index (χ3n) is 7.02. The van der Waals surface area contributed by atoms with Crippen molar-refractivity contribution < 1.29 is 24.0 Å². The van der Waals surface area contributed by atoms with Crippen molar-refractivity contribution in [3.05, 3.63) is 131 Å². The van der Waals surface area contributed by atoms with Crippen LogP contribution in [0.3, 0.4) is 0 Å². The van der Waals surface area contributed by atoms with Crippen LogP contribution in [-0.2, 0) is 14.4 Å². The number of ketones is 1. The molecule has 0 bridgehead atoms. The summed E-state index contributed by atoms with van der Waals surface area (Å²) in [4.78, 5) is 65.9. The van der Waals surface area contributed by atoms with Gasteiger partial charge in [0, 0.05) is 28.1 Å². The largest absolute Gasteiger partial charge is 0.321 e. The average molecular weight is 604 g/mol. The number of Topliss-reactive ketones (excluding diaryl/α,β-unsaturated/α-hetero) is 1. The van der Waals surface area contributed by atoms with Gasteiger partial charge in [-0.1, -0.05) is 48.5 Å². The van der Waals surface area contributed by atoms with Crippen LogP contribution in [0.1, 0.15) is 45.2 Å². The van der Waals surface area contributed by atoms with E-state index in [1.54, 1.807) is 84.9 Å². The molecule has 220 valence electrons. The first-order chi connectivity index (χ1) is 21.2. The van der Waals surface area contributed by atoms with Crippen LogP contribution >= 0.6 is 11.8 Å². The third-order valence-corrected chi connectivity index (χ3v) is 8.20. The number of nitrogens with one attached hydrogen (secondary N) is 2. The van der Waals surface area contributed by atoms with E-state index >= 15 is 0 Å². The van der Waals surface area contributed by atoms with E-state index in [1.807, 2.05) is 31.2 Å². The second-order valence-electron chi connectivity index (χ2n) is 10.2. The Bertz CT molecular complexity index is 1780. The number of carbonyl (C=O) groups is 5. The number of aryl methyl sites for hydroxylation is 1. The summed E-state index contributed by atoms with van der Waals surface area (Å²) in [5.74, 6) is -1.72. The summed E-state index contributed by atoms with van der Waals surface area (Å²) in [5, 5.41) is 4.94. The topological polar surface area (TPSA) is 113 Å². The lowest BCUT2D eigenvalue weighted by molar-refractivity contribution is -0.121. The quantitative estimate of drug-likeness (QED) is 0.137. The Morgan fingerprint density at radius 2 is 1.55 bits per heavy atom. The number of imide groups is 1. The van der Waals surface area contributed by atoms with Gasteiger partial charge in [-0.15, -0.1) is 11.8 Å². The van der Waals surface area contributed by atoms with E-state index in [2.05, 4.69) is 10.6 Å². The highest BCUT2D eigenvalue weighted by Crippen LogP contribution is 2.35. The lowest BCUT2D eigenvalue weighted by atomic mass is 10.1. The summed E-state index contributed by atoms with van der Waals surface area (Å²) in [5.41, 5.74) is 3.56. The number of carbonyl (C=O) groups excluding carboxylic acids is 5. The minimum atomic E-state index is -0.650. The minimum absolute atomic E-state index is 0.0172. The molecule has 4 aromatic rings. The Morgan fingerprint density at radius 3 is 2.25 bits per heavy atom. The predicted octanol–water partition coefficient (Wildman–Crippen LogP) is 6.03. The molecule has 1 atom stereocenters. The zero-order chi connectivity index (χ0) is 31.2. The van der Waals surface area contributed by atoms with Gasteiger partial charge in [0.05, 0.1) is 10.9 Å². The van der Waals surface area contributed by atoms with Gasteiger partial charge in [0.25, 0.3) is 11.8 Å². The lowest BCUT2D eigenvalue weighted by Gasteiger charge is -2.15. The van der Waals surface area contributed by atoms with Crippen LogP contribution in [0.15, 0.2) is 114 Å². The molecule has 1 fully saturated rings. The maximum atomic E-state index is 13.5. The van der Waals surface area contributed by atoms with Crippen molar-refractivity contribution >= 4 is 58.6 Å². The first-order valence-corrected chi connectivity index (χ1v) is 14.8. The molecule has 8 nitrogen and oxygen atoms in total. The number of nitrogens with zero attached hydrogens (tertiary/aromatic N) is 1. The molecule has 44 heavy (non-hydrogen) atoms. The summed E-state index contributed by atoms with van der Waals surface area (Å²) in [6.45, 7) is 3.37. The molecule has 2 N–H and O–H groups in total. The predicted molar refractivity (Wildman–Crippen MR) is 171 cm³/mol. The van der Waals surface area contributed by atoms with Gasteiger partial charge in [-0.25, -0.2) is 4.90 Å². The van der Waals surface area contributed by atoms with Crippen molar-refractivity contribution in [2.75, 3.05) is 10.2 Å². The summed E-state index contributed by atoms with van der Waals surface area (Å²) >= 11 is 1.23. The first-order valence-electron chi connectivity index (χ1n) is 13.9. The van der Waals surface area contributed by atoms with Gasteiger partial charge < -0.3 is 10.6 Å². The average Bonchev–Trinajstić information content (AvgIpc) is 3.30. The molecular weight excluding hydrogens is 574 g/mol. The van der Waals surface area contributed by atoms with Crippen molar-refractivity contribution in [3.63, 3.8) is 0 Å². The van der Waals surface area contributed by atoms with Crippen LogP contribution in [0, 0.1) is 6.92 Å². The van der Waals surface area contributed by atoms with Crippen LogP contribution < -0.4 is 15.5 Å². The molecule has 0 aliphatic carbocycles. The van der Waals surface area contributed by atoms with Gasteiger partial charge in [-0.2, -0.15) is 0 Å². The Hall–Kier alpha value is -5.28. The van der Waals surface area contributed by atoms with Gasteiger partial charge in [-0.3, -0.25) is 24.0 Å². The molecule has 1 aliphatic rings. The molecule has 4 aromatic carbocycles. The molecule has 0 spiro atoms. The van der Waals surface area contributed by atoms with Crippen molar-refractivity contribution in [2.45, 2.75) is 30.4 Å². The zero-order valence-electron chi connectivity index (χ0n) is 24.1. The number of anilines is 2. The molecular formula is C35H29N3O5S. The Kier molecular flexibility index (Phi) is 9.16. The summed E-state index contributed by atoms with van der Waals surface area (Å²) in [6.07, 6.45) is 1.65. The molecule has 0 aromatic heterocycles. The number of benzene rings is 4. The van der Waals surface area contributed by atoms with E-state index < -0.39 is 17.1 Å². The number of hydrogen-bond acceptors (Lipinski definition) is 6. The first kappa shape index (κ1) is 30.2. The molecule has 9 heteroatoms. The van der Waals surface area contributed by atoms with Crippen LogP contribution in [0.25, 0.3) is 6.08 Å². The molecule has 1 heterocycles. The second-order valence-corrected chi connectivity index (χ2v) is 11.5. The second kappa shape index (κ2) is 13.4. The summed E-state index contributed by atoms with van der Waals surface area (Å²) in [6, 6.07) is 29.5. The van der Waals surface area contributed by atoms with Gasteiger partial charge in [-0.05, 0) is 85.6 Å². The van der Waals surface area contributed by atoms with E-state index in [1.165, 1.54) is 18.7 Å². The fourth-order valence-corrected chi connectivity index (χ4v) is 5.78. The van der Waals surface area contributed by atoms with Crippen molar-refractivity contribution in [1.82, 2.24) is 5.32 Å². The van der Waals surface area contributed by atoms with Crippen LogP contribution in [0.2, 0.25) is 0 Å². The summed E-state index contributed by atoms with van der Waals surface area (Å²) in [7, 11) is 0. The molecule has 0 unspecified atom stereocenters. The van der Waals surface area contributed by atoms with Crippen LogP contribution in [-0.4, -0.2) is 34.7 Å². The van der Waals surface area contributed by atoms with E-state index in [0.717, 1.165) is 16.0 Å². The number of rotatable bonds is 9. The van der Waals surface area contributed by atoms with Crippen molar-refractivity contribution in [1.29, 1.82) is 0 Å². The number of thioether (sulfide) groups is 1. The highest BCUT2D eigenvalue weighted by molar-refractivity contribution is 8.00. The minimum Gasteiger partial charge on any atom is -0.321 e. The summed E-state index contributed by atoms with van der Waals surface area (Å²) < 4.78 is 0. The maximum absolute atomic E-state index is 13.5. The monoisotopic (exact) mass is 603 g/mol. The normalized spacial score (nSPS) is 14.8. The smallest absolute Gasteiger partial charge is 0.272 e. The van der Waals surface area contributed by atoms with Gasteiger partial charge in [0.2, 0.25) is 11.8 Å². The SMILES string of the molecule is CC(=O)c1ccc(N2C(=O)C[C@@H](Sc3cccc(NC(=O)/C(=C/c4ccccc4C)NC(=O)c4ccccc4)c3)C2=O)cc1. The fourth-order valence-electron chi connectivity index (χ4n) is 4.67. The van der Waals surface area contributed by atoms with E-state index in [-0.39, 0.29) is 29.7 Å². The maximum Gasteiger partial charge on any atom is 0.272 e. The number of hydrogen-bond donors (Lipinski definition) is 2. The fraction of sp³-hybridized carbons (Fsp3) is 0.114. The van der Waals surface area contributed by atoms with E-state index in [4.69, 9.17) is 0 Å². The Labute approximate surface area is 259 Å². The zero-order valence-corrected chi connectivity index (χ0v) is 24.9. The third kappa shape index (κ3) is 7.02. The highest BCUT2D eigenvalue weighted by Gasteiger charge is 2.40. The lowest BCUT2D eigenvalue weighted by Crippen LogP contribution is -2.31. The Morgan fingerprint density at radius 1 is 0.841 bits per heavy atom. The number of amides is 4. The molecule has 4 amide bonds.